The number of hydrogen-bond acceptors (Lipinski definition) is 15. The van der Waals surface area contributed by atoms with E-state index in [0.717, 1.165) is 37.7 Å². The van der Waals surface area contributed by atoms with E-state index in [9.17, 15) is 78.3 Å². The van der Waals surface area contributed by atoms with Gasteiger partial charge in [0, 0.05) is 76.1 Å². The fourth-order valence-corrected chi connectivity index (χ4v) is 6.86. The van der Waals surface area contributed by atoms with E-state index < -0.39 is 98.3 Å². The molecule has 0 aliphatic heterocycles. The number of rotatable bonds is 37. The third-order valence-electron chi connectivity index (χ3n) is 10.7. The fraction of sp³-hybridized carbons (Fsp3) is 0.540. The van der Waals surface area contributed by atoms with E-state index in [4.69, 9.17) is 20.4 Å². The van der Waals surface area contributed by atoms with Crippen molar-refractivity contribution in [1.82, 2.24) is 36.4 Å². The van der Waals surface area contributed by atoms with Crippen molar-refractivity contribution < 1.29 is 98.7 Å². The molecule has 0 spiro atoms. The molecule has 0 heterocycles. The molecule has 2 aromatic carbocycles. The topological polar surface area (TPSA) is 436 Å². The molecule has 0 bridgehead atoms. The van der Waals surface area contributed by atoms with E-state index in [0.29, 0.717) is 42.6 Å². The highest BCUT2D eigenvalue weighted by molar-refractivity contribution is 5.87. The Morgan fingerprint density at radius 3 is 1.43 bits per heavy atom. The second-order valence-corrected chi connectivity index (χ2v) is 17.1. The van der Waals surface area contributed by atoms with Gasteiger partial charge in [-0.05, 0) is 61.8 Å². The predicted octanol–water partition coefficient (Wildman–Crippen LogP) is 1.79. The molecular formula is C50H75N7O20. The number of carbonyl (C=O) groups is 11. The highest BCUT2D eigenvalue weighted by Gasteiger charge is 2.24. The van der Waals surface area contributed by atoms with E-state index in [1.807, 2.05) is 24.5 Å². The van der Waals surface area contributed by atoms with Crippen LogP contribution in [-0.2, 0) is 73.9 Å². The Kier molecular flexibility index (Phi) is 35.2. The molecule has 77 heavy (non-hydrogen) atoms. The molecule has 0 radical (unpaired) electrons. The smallest absolute Gasteiger partial charge is 0.326 e. The zero-order valence-electron chi connectivity index (χ0n) is 43.6. The quantitative estimate of drug-likeness (QED) is 0.0429. The SMILES string of the molecule is CC.CCCCNC(=O)CCCCCNC(=O)CCc1ccc(O)c(CN(CCN(CC(=O)O)Cc2cc(CCC(=O)NC(CC(=O)O)C(=O)O)ccc2O)CC(=O)O)c1.O=C(O)CCC(NC(=O)NCC(=O)O)C(=O)O. The molecule has 2 unspecified atom stereocenters. The van der Waals surface area contributed by atoms with Gasteiger partial charge in [0.2, 0.25) is 17.7 Å². The van der Waals surface area contributed by atoms with Crippen LogP contribution in [0.5, 0.6) is 11.5 Å². The lowest BCUT2D eigenvalue weighted by Gasteiger charge is -2.26. The maximum absolute atomic E-state index is 12.5. The summed E-state index contributed by atoms with van der Waals surface area (Å²) in [5, 5.41) is 95.6. The first-order valence-electron chi connectivity index (χ1n) is 24.9. The van der Waals surface area contributed by atoms with E-state index in [1.54, 1.807) is 18.2 Å². The van der Waals surface area contributed by atoms with Crippen LogP contribution in [0, 0.1) is 0 Å². The number of unbranched alkanes of at least 4 members (excludes halogenated alkanes) is 3. The number of amides is 5. The second kappa shape index (κ2) is 39.4. The highest BCUT2D eigenvalue weighted by Crippen LogP contribution is 2.23. The summed E-state index contributed by atoms with van der Waals surface area (Å²) in [4.78, 5) is 127. The van der Waals surface area contributed by atoms with Crippen molar-refractivity contribution in [2.24, 2.45) is 0 Å². The van der Waals surface area contributed by atoms with Crippen LogP contribution in [0.15, 0.2) is 36.4 Å². The van der Waals surface area contributed by atoms with Gasteiger partial charge in [-0.15, -0.1) is 0 Å². The first-order valence-corrected chi connectivity index (χ1v) is 24.9. The average molecular weight is 1090 g/mol. The van der Waals surface area contributed by atoms with Crippen molar-refractivity contribution in [2.75, 3.05) is 45.8 Å². The molecule has 14 N–H and O–H groups in total. The summed E-state index contributed by atoms with van der Waals surface area (Å²) in [6.07, 6.45) is 3.65. The first kappa shape index (κ1) is 68.9. The van der Waals surface area contributed by atoms with Crippen LogP contribution in [-0.4, -0.2) is 179 Å². The van der Waals surface area contributed by atoms with Crippen molar-refractivity contribution in [2.45, 2.75) is 129 Å². The number of carboxylic acids is 7. The lowest BCUT2D eigenvalue weighted by Crippen LogP contribution is -2.47. The number of aliphatic carboxylic acids is 7. The minimum Gasteiger partial charge on any atom is -0.508 e. The molecule has 27 nitrogen and oxygen atoms in total. The van der Waals surface area contributed by atoms with Gasteiger partial charge in [0.05, 0.1) is 19.5 Å². The molecule has 2 aromatic rings. The van der Waals surface area contributed by atoms with Gasteiger partial charge in [-0.2, -0.15) is 0 Å². The normalized spacial score (nSPS) is 11.3. The minimum atomic E-state index is -1.61. The Bertz CT molecular complexity index is 2260. The first-order chi connectivity index (χ1) is 36.4. The standard InChI is InChI=1S/C40H57N5O13.C8H12N2O7.C2H6/c1-2-3-16-41-34(48)7-5-4-6-17-42-35(49)14-10-27-8-12-32(46)29(20-27)23-44(25-38(53)54)18-19-45(26-39(55)56)24-30-21-28(9-13-33(30)47)11-15-36(50)43-31(40(57)58)22-37(51)52;11-5(12)2-1-4(7(15)16)10-8(17)9-3-6(13)14;1-2/h8-9,12-13,20-21,31,46-47H,2-7,10-11,14-19,22-26H2,1H3,(H,41,48)(H,42,49)(H,43,50)(H,51,52)(H,53,54)(H,55,56)(H,57,58);4H,1-3H2,(H,11,12)(H,13,14)(H,15,16)(H2,9,10,17);1-2H3. The number of phenolic OH excluding ortho intramolecular Hbond substituents is 2. The number of aryl methyl sites for hydroxylation is 2. The van der Waals surface area contributed by atoms with Crippen molar-refractivity contribution in [3.8, 4) is 11.5 Å². The second-order valence-electron chi connectivity index (χ2n) is 17.1. The number of urea groups is 1. The molecule has 5 amide bonds. The Balaban J connectivity index is 0.00000257. The van der Waals surface area contributed by atoms with Gasteiger partial charge in [-0.25, -0.2) is 14.4 Å². The Labute approximate surface area is 445 Å². The third kappa shape index (κ3) is 34.2. The summed E-state index contributed by atoms with van der Waals surface area (Å²) in [6, 6.07) is 5.32. The average Bonchev–Trinajstić information content (AvgIpc) is 3.35. The van der Waals surface area contributed by atoms with Gasteiger partial charge < -0.3 is 72.5 Å². The number of nitrogens with one attached hydrogen (secondary N) is 5. The van der Waals surface area contributed by atoms with Gasteiger partial charge in [0.25, 0.3) is 0 Å². The van der Waals surface area contributed by atoms with Crippen molar-refractivity contribution in [1.29, 1.82) is 0 Å². The summed E-state index contributed by atoms with van der Waals surface area (Å²) in [5.74, 6) is -10.1. The number of hydrogen-bond donors (Lipinski definition) is 14. The van der Waals surface area contributed by atoms with E-state index in [-0.39, 0.29) is 75.2 Å². The fourth-order valence-electron chi connectivity index (χ4n) is 6.86. The molecule has 0 saturated heterocycles. The molecule has 0 aromatic heterocycles. The van der Waals surface area contributed by atoms with Crippen LogP contribution in [0.25, 0.3) is 0 Å². The number of carbonyl (C=O) groups excluding carboxylic acids is 4. The van der Waals surface area contributed by atoms with Crippen LogP contribution >= 0.6 is 0 Å². The predicted molar refractivity (Wildman–Crippen MR) is 274 cm³/mol. The molecule has 2 rings (SSSR count). The largest absolute Gasteiger partial charge is 0.508 e. The Morgan fingerprint density at radius 1 is 0.506 bits per heavy atom. The number of carboxylic acid groups (broad SMARTS) is 7. The number of nitrogens with zero attached hydrogens (tertiary/aromatic N) is 2. The molecule has 0 fully saturated rings. The zero-order valence-corrected chi connectivity index (χ0v) is 43.6. The van der Waals surface area contributed by atoms with Crippen molar-refractivity contribution in [3.63, 3.8) is 0 Å². The number of phenols is 2. The monoisotopic (exact) mass is 1090 g/mol. The summed E-state index contributed by atoms with van der Waals surface area (Å²) in [6.45, 7) is 5.68. The molecule has 0 saturated carbocycles. The summed E-state index contributed by atoms with van der Waals surface area (Å²) < 4.78 is 0. The van der Waals surface area contributed by atoms with Gasteiger partial charge in [0.1, 0.15) is 30.1 Å². The Morgan fingerprint density at radius 2 is 0.987 bits per heavy atom. The summed E-state index contributed by atoms with van der Waals surface area (Å²) in [5.41, 5.74) is 2.03. The maximum Gasteiger partial charge on any atom is 0.326 e. The van der Waals surface area contributed by atoms with Crippen molar-refractivity contribution >= 4 is 65.5 Å². The highest BCUT2D eigenvalue weighted by atomic mass is 16.4. The van der Waals surface area contributed by atoms with Gasteiger partial charge in [-0.1, -0.05) is 57.9 Å². The van der Waals surface area contributed by atoms with E-state index in [1.165, 1.54) is 28.0 Å². The van der Waals surface area contributed by atoms with E-state index in [2.05, 4.69) is 22.9 Å². The zero-order chi connectivity index (χ0) is 58.5. The van der Waals surface area contributed by atoms with Gasteiger partial charge in [-0.3, -0.25) is 48.2 Å². The van der Waals surface area contributed by atoms with Crippen LogP contribution in [0.2, 0.25) is 0 Å². The van der Waals surface area contributed by atoms with Crippen molar-refractivity contribution in [3.05, 3.63) is 58.7 Å². The minimum absolute atomic E-state index is 0.00624. The number of benzene rings is 2. The van der Waals surface area contributed by atoms with E-state index >= 15 is 0 Å². The lowest BCUT2D eigenvalue weighted by molar-refractivity contribution is -0.147. The van der Waals surface area contributed by atoms with Crippen LogP contribution in [0.1, 0.15) is 114 Å². The molecular weight excluding hydrogens is 1020 g/mol. The summed E-state index contributed by atoms with van der Waals surface area (Å²) >= 11 is 0. The molecule has 27 heteroatoms. The lowest BCUT2D eigenvalue weighted by atomic mass is 10.0. The number of aromatic hydroxyl groups is 2. The Hall–Kier alpha value is -8.07. The molecule has 430 valence electrons. The van der Waals surface area contributed by atoms with Gasteiger partial charge in [0.15, 0.2) is 0 Å². The summed E-state index contributed by atoms with van der Waals surface area (Å²) in [7, 11) is 0. The van der Waals surface area contributed by atoms with Gasteiger partial charge >= 0.3 is 47.8 Å². The van der Waals surface area contributed by atoms with Crippen LogP contribution in [0.3, 0.4) is 0 Å². The van der Waals surface area contributed by atoms with Crippen LogP contribution in [0.4, 0.5) is 4.79 Å². The maximum atomic E-state index is 12.5. The third-order valence-corrected chi connectivity index (χ3v) is 10.7. The molecule has 0 aliphatic rings. The molecule has 2 atom stereocenters. The van der Waals surface area contributed by atoms with Crippen LogP contribution < -0.4 is 26.6 Å². The molecule has 0 aliphatic carbocycles.